The Morgan fingerprint density at radius 1 is 0.690 bits per heavy atom. The maximum atomic E-state index is 4.72. The molecule has 0 amide bonds. The molecule has 5 nitrogen and oxygen atoms in total. The molecule has 0 atom stereocenters. The van der Waals surface area contributed by atoms with Gasteiger partial charge in [0.15, 0.2) is 0 Å². The number of benzene rings is 3. The molecule has 1 N–H and O–H groups in total. The first-order chi connectivity index (χ1) is 14.4. The van der Waals surface area contributed by atoms with E-state index in [4.69, 9.17) is 4.98 Å². The van der Waals surface area contributed by atoms with Crippen LogP contribution in [0.5, 0.6) is 0 Å². The van der Waals surface area contributed by atoms with Crippen LogP contribution in [0.1, 0.15) is 5.56 Å². The number of pyridine rings is 1. The normalized spacial score (nSPS) is 11.3. The van der Waals surface area contributed by atoms with Crippen molar-refractivity contribution in [2.75, 3.05) is 5.43 Å². The topological polar surface area (TPSA) is 63.1 Å². The largest absolute Gasteiger partial charge is 0.256 e. The quantitative estimate of drug-likeness (QED) is 0.342. The van der Waals surface area contributed by atoms with E-state index in [1.165, 1.54) is 0 Å². The number of anilines is 1. The van der Waals surface area contributed by atoms with Crippen molar-refractivity contribution >= 4 is 34.0 Å². The molecule has 0 radical (unpaired) electrons. The molecule has 5 aromatic rings. The molecule has 0 fully saturated rings. The van der Waals surface area contributed by atoms with Crippen LogP contribution in [0.4, 0.5) is 5.95 Å². The van der Waals surface area contributed by atoms with Gasteiger partial charge in [-0.15, -0.1) is 0 Å². The first kappa shape index (κ1) is 17.0. The van der Waals surface area contributed by atoms with Crippen LogP contribution in [0, 0.1) is 0 Å². The number of hydrogen-bond acceptors (Lipinski definition) is 5. The van der Waals surface area contributed by atoms with E-state index in [0.29, 0.717) is 5.95 Å². The van der Waals surface area contributed by atoms with Crippen LogP contribution in [0.3, 0.4) is 0 Å². The van der Waals surface area contributed by atoms with Gasteiger partial charge in [-0.2, -0.15) is 5.10 Å². The second-order valence-electron chi connectivity index (χ2n) is 6.57. The molecule has 0 bridgehead atoms. The van der Waals surface area contributed by atoms with E-state index < -0.39 is 0 Å². The van der Waals surface area contributed by atoms with Crippen LogP contribution >= 0.6 is 0 Å². The smallest absolute Gasteiger partial charge is 0.244 e. The van der Waals surface area contributed by atoms with Crippen molar-refractivity contribution in [2.45, 2.75) is 0 Å². The summed E-state index contributed by atoms with van der Waals surface area (Å²) in [6, 6.07) is 28.0. The van der Waals surface area contributed by atoms with Crippen molar-refractivity contribution in [1.82, 2.24) is 15.0 Å². The summed E-state index contributed by atoms with van der Waals surface area (Å²) < 4.78 is 0. The molecule has 0 aliphatic rings. The molecule has 0 saturated carbocycles. The van der Waals surface area contributed by atoms with Gasteiger partial charge < -0.3 is 0 Å². The molecule has 3 aromatic carbocycles. The van der Waals surface area contributed by atoms with Crippen molar-refractivity contribution in [3.63, 3.8) is 0 Å². The van der Waals surface area contributed by atoms with Gasteiger partial charge in [0.2, 0.25) is 5.95 Å². The second-order valence-corrected chi connectivity index (χ2v) is 6.57. The Bertz CT molecular complexity index is 1320. The van der Waals surface area contributed by atoms with Gasteiger partial charge in [0.1, 0.15) is 0 Å². The third-order valence-electron chi connectivity index (χ3n) is 4.70. The van der Waals surface area contributed by atoms with Crippen LogP contribution in [0.25, 0.3) is 33.1 Å². The number of fused-ring (bicyclic) bond motifs is 2. The van der Waals surface area contributed by atoms with Gasteiger partial charge in [-0.05, 0) is 18.2 Å². The van der Waals surface area contributed by atoms with Crippen molar-refractivity contribution in [1.29, 1.82) is 0 Å². The van der Waals surface area contributed by atoms with E-state index in [-0.39, 0.29) is 0 Å². The molecule has 0 aliphatic heterocycles. The van der Waals surface area contributed by atoms with E-state index in [9.17, 15) is 0 Å². The molecule has 0 unspecified atom stereocenters. The lowest BCUT2D eigenvalue weighted by atomic mass is 10.1. The highest BCUT2D eigenvalue weighted by Crippen LogP contribution is 2.27. The van der Waals surface area contributed by atoms with E-state index in [2.05, 4.69) is 20.5 Å². The summed E-state index contributed by atoms with van der Waals surface area (Å²) in [5.74, 6) is 0.456. The van der Waals surface area contributed by atoms with Crippen LogP contribution in [0.2, 0.25) is 0 Å². The lowest BCUT2D eigenvalue weighted by Crippen LogP contribution is -2.00. The summed E-state index contributed by atoms with van der Waals surface area (Å²) in [4.78, 5) is 13.7. The average Bonchev–Trinajstić information content (AvgIpc) is 2.79. The second kappa shape index (κ2) is 7.48. The van der Waals surface area contributed by atoms with Gasteiger partial charge in [-0.1, -0.05) is 66.7 Å². The van der Waals surface area contributed by atoms with Crippen molar-refractivity contribution < 1.29 is 0 Å². The summed E-state index contributed by atoms with van der Waals surface area (Å²) >= 11 is 0. The number of rotatable bonds is 4. The zero-order valence-electron chi connectivity index (χ0n) is 15.5. The van der Waals surface area contributed by atoms with E-state index >= 15 is 0 Å². The molecule has 5 rings (SSSR count). The Hall–Kier alpha value is -4.12. The molecule has 5 heteroatoms. The van der Waals surface area contributed by atoms with Crippen LogP contribution in [-0.4, -0.2) is 21.2 Å². The highest BCUT2D eigenvalue weighted by molar-refractivity contribution is 5.98. The summed E-state index contributed by atoms with van der Waals surface area (Å²) in [5.41, 5.74) is 7.69. The minimum atomic E-state index is 0.456. The molecular formula is C24H17N5. The zero-order valence-corrected chi connectivity index (χ0v) is 15.5. The SMILES string of the molecule is C(=N/Nc1nc(-c2ccccc2)c2ccccc2n1)/c1ccnc2ccccc12. The van der Waals surface area contributed by atoms with Gasteiger partial charge in [-0.3, -0.25) is 4.98 Å². The molecule has 2 aromatic heterocycles. The molecular weight excluding hydrogens is 358 g/mol. The highest BCUT2D eigenvalue weighted by Gasteiger charge is 2.09. The average molecular weight is 375 g/mol. The fourth-order valence-electron chi connectivity index (χ4n) is 3.33. The maximum Gasteiger partial charge on any atom is 0.244 e. The van der Waals surface area contributed by atoms with E-state index in [0.717, 1.165) is 38.6 Å². The predicted octanol–water partition coefficient (Wildman–Crippen LogP) is 5.29. The Kier molecular flexibility index (Phi) is 4.39. The van der Waals surface area contributed by atoms with Gasteiger partial charge in [0, 0.05) is 28.1 Å². The van der Waals surface area contributed by atoms with Gasteiger partial charge >= 0.3 is 0 Å². The fourth-order valence-corrected chi connectivity index (χ4v) is 3.33. The summed E-state index contributed by atoms with van der Waals surface area (Å²) in [7, 11) is 0. The van der Waals surface area contributed by atoms with E-state index in [1.54, 1.807) is 12.4 Å². The molecule has 0 aliphatic carbocycles. The highest BCUT2D eigenvalue weighted by atomic mass is 15.3. The monoisotopic (exact) mass is 375 g/mol. The minimum absolute atomic E-state index is 0.456. The lowest BCUT2D eigenvalue weighted by Gasteiger charge is -2.08. The summed E-state index contributed by atoms with van der Waals surface area (Å²) in [6.07, 6.45) is 3.55. The number of hydrazone groups is 1. The van der Waals surface area contributed by atoms with E-state index in [1.807, 2.05) is 84.9 Å². The van der Waals surface area contributed by atoms with Crippen LogP contribution in [0.15, 0.2) is 96.2 Å². The van der Waals surface area contributed by atoms with Gasteiger partial charge in [0.25, 0.3) is 0 Å². The molecule has 2 heterocycles. The zero-order chi connectivity index (χ0) is 19.5. The third kappa shape index (κ3) is 3.41. The van der Waals surface area contributed by atoms with Crippen molar-refractivity contribution in [3.05, 3.63) is 96.7 Å². The lowest BCUT2D eigenvalue weighted by molar-refractivity contribution is 1.16. The molecule has 138 valence electrons. The summed E-state index contributed by atoms with van der Waals surface area (Å²) in [6.45, 7) is 0. The van der Waals surface area contributed by atoms with Crippen molar-refractivity contribution in [3.8, 4) is 11.3 Å². The number of nitrogens with one attached hydrogen (secondary N) is 1. The first-order valence-electron chi connectivity index (χ1n) is 9.33. The van der Waals surface area contributed by atoms with Gasteiger partial charge in [0.05, 0.1) is 22.9 Å². The molecule has 29 heavy (non-hydrogen) atoms. The Morgan fingerprint density at radius 3 is 2.28 bits per heavy atom. The first-order valence-corrected chi connectivity index (χ1v) is 9.33. The Labute approximate surface area is 167 Å². The predicted molar refractivity (Wildman–Crippen MR) is 118 cm³/mol. The standard InChI is InChI=1S/C24H17N5/c1-2-8-17(9-3-1)23-20-11-5-7-13-22(20)27-24(28-23)29-26-16-18-14-15-25-21-12-6-4-10-19(18)21/h1-16H,(H,27,28,29)/b26-16-. The molecule has 0 spiro atoms. The molecule has 0 saturated heterocycles. The van der Waals surface area contributed by atoms with Crippen LogP contribution in [-0.2, 0) is 0 Å². The fraction of sp³-hybridized carbons (Fsp3) is 0. The number of aromatic nitrogens is 3. The van der Waals surface area contributed by atoms with Crippen molar-refractivity contribution in [2.24, 2.45) is 5.10 Å². The van der Waals surface area contributed by atoms with Gasteiger partial charge in [-0.25, -0.2) is 15.4 Å². The Balaban J connectivity index is 1.52. The minimum Gasteiger partial charge on any atom is -0.256 e. The summed E-state index contributed by atoms with van der Waals surface area (Å²) in [5, 5.41) is 6.43. The number of hydrogen-bond donors (Lipinski definition) is 1. The number of para-hydroxylation sites is 2. The Morgan fingerprint density at radius 2 is 1.41 bits per heavy atom. The number of nitrogens with zero attached hydrogens (tertiary/aromatic N) is 4. The third-order valence-corrected chi connectivity index (χ3v) is 4.70. The maximum absolute atomic E-state index is 4.72. The van der Waals surface area contributed by atoms with Crippen LogP contribution < -0.4 is 5.43 Å².